The number of carbonyl (C=O) groups is 2. The number of fused-ring (bicyclic) bond motifs is 5. The Hall–Kier alpha value is -1.52. The molecule has 0 aromatic rings. The van der Waals surface area contributed by atoms with Crippen molar-refractivity contribution >= 4 is 11.9 Å². The monoisotopic (exact) mass is 526 g/mol. The molecule has 0 aromatic carbocycles. The van der Waals surface area contributed by atoms with E-state index in [0.29, 0.717) is 25.7 Å². The molecule has 4 fully saturated rings. The Kier molecular flexibility index (Phi) is 8.57. The second-order valence-electron chi connectivity index (χ2n) is 12.8. The van der Waals surface area contributed by atoms with E-state index in [0.717, 1.165) is 12.8 Å². The van der Waals surface area contributed by atoms with E-state index in [9.17, 15) is 35.1 Å². The molecule has 9 nitrogen and oxygen atoms in total. The molecule has 0 heterocycles. The van der Waals surface area contributed by atoms with Gasteiger partial charge >= 0.3 is 11.9 Å². The lowest BCUT2D eigenvalue weighted by atomic mass is 9.41. The molecule has 4 aliphatic rings. The molecule has 0 spiro atoms. The van der Waals surface area contributed by atoms with Crippen LogP contribution in [-0.2, 0) is 9.59 Å². The van der Waals surface area contributed by atoms with Gasteiger partial charge < -0.3 is 35.7 Å². The first-order valence-corrected chi connectivity index (χ1v) is 13.6. The molecule has 0 aromatic heterocycles. The number of aliphatic hydroxyl groups is 5. The van der Waals surface area contributed by atoms with Crippen LogP contribution in [0.25, 0.3) is 0 Å². The van der Waals surface area contributed by atoms with Gasteiger partial charge in [-0.25, -0.2) is 4.79 Å². The van der Waals surface area contributed by atoms with Crippen LogP contribution in [0.4, 0.5) is 0 Å². The maximum absolute atomic E-state index is 11.5. The van der Waals surface area contributed by atoms with Gasteiger partial charge in [-0.2, -0.15) is 0 Å². The minimum Gasteiger partial charge on any atom is -0.481 e. The van der Waals surface area contributed by atoms with Gasteiger partial charge in [-0.15, -0.1) is 0 Å². The number of hydrogen-bond acceptors (Lipinski definition) is 7. The fourth-order valence-corrected chi connectivity index (χ4v) is 8.84. The highest BCUT2D eigenvalue weighted by atomic mass is 16.5. The highest BCUT2D eigenvalue weighted by Gasteiger charge is 2.70. The third kappa shape index (κ3) is 5.10. The van der Waals surface area contributed by atoms with Crippen molar-refractivity contribution in [2.24, 2.45) is 46.3 Å². The molecule has 0 radical (unpaired) electrons. The lowest BCUT2D eigenvalue weighted by molar-refractivity contribution is -0.339. The SMILES string of the molecule is C=C(C)C(=O)O.C[C@H](CCC(=O)O)[C@H]1CCC2C3C(C[C@H](O)[C@@]21C)[C@]1(C)[C@@H](C[C@H](O)CC1(O)O)C[C@H]3O. The van der Waals surface area contributed by atoms with Gasteiger partial charge in [-0.05, 0) is 86.4 Å². The molecule has 4 saturated carbocycles. The zero-order valence-electron chi connectivity index (χ0n) is 22.5. The van der Waals surface area contributed by atoms with Crippen LogP contribution >= 0.6 is 0 Å². The summed E-state index contributed by atoms with van der Waals surface area (Å²) in [5.74, 6) is -4.01. The number of aliphatic hydroxyl groups excluding tert-OH is 3. The fraction of sp³-hybridized carbons (Fsp3) is 0.857. The van der Waals surface area contributed by atoms with E-state index in [1.54, 1.807) is 0 Å². The van der Waals surface area contributed by atoms with E-state index in [-0.39, 0.29) is 53.9 Å². The van der Waals surface area contributed by atoms with Crippen molar-refractivity contribution in [3.8, 4) is 0 Å². The van der Waals surface area contributed by atoms with Crippen LogP contribution in [0.1, 0.15) is 79.1 Å². The van der Waals surface area contributed by atoms with Gasteiger partial charge in [0.2, 0.25) is 0 Å². The molecule has 7 N–H and O–H groups in total. The minimum atomic E-state index is -2.04. The van der Waals surface area contributed by atoms with Crippen molar-refractivity contribution in [3.05, 3.63) is 12.2 Å². The van der Waals surface area contributed by atoms with Crippen molar-refractivity contribution in [2.75, 3.05) is 0 Å². The zero-order chi connectivity index (χ0) is 28.1. The molecular weight excluding hydrogens is 480 g/mol. The Bertz CT molecular complexity index is 875. The summed E-state index contributed by atoms with van der Waals surface area (Å²) in [7, 11) is 0. The molecule has 0 bridgehead atoms. The van der Waals surface area contributed by atoms with E-state index in [2.05, 4.69) is 20.4 Å². The fourth-order valence-electron chi connectivity index (χ4n) is 8.84. The van der Waals surface area contributed by atoms with Crippen LogP contribution in [0.5, 0.6) is 0 Å². The first-order chi connectivity index (χ1) is 17.0. The Morgan fingerprint density at radius 3 is 2.14 bits per heavy atom. The van der Waals surface area contributed by atoms with E-state index >= 15 is 0 Å². The Morgan fingerprint density at radius 2 is 1.59 bits per heavy atom. The van der Waals surface area contributed by atoms with Crippen LogP contribution < -0.4 is 0 Å². The van der Waals surface area contributed by atoms with Crippen LogP contribution in [0.15, 0.2) is 12.2 Å². The number of carboxylic acid groups (broad SMARTS) is 2. The number of aliphatic carboxylic acids is 2. The Balaban J connectivity index is 0.000000568. The molecule has 4 aliphatic carbocycles. The minimum absolute atomic E-state index is 0.0500. The third-order valence-corrected chi connectivity index (χ3v) is 10.9. The van der Waals surface area contributed by atoms with Crippen LogP contribution in [-0.4, -0.2) is 71.8 Å². The van der Waals surface area contributed by atoms with Gasteiger partial charge in [-0.3, -0.25) is 4.79 Å². The Morgan fingerprint density at radius 1 is 1.00 bits per heavy atom. The summed E-state index contributed by atoms with van der Waals surface area (Å²) in [5, 5.41) is 72.1. The summed E-state index contributed by atoms with van der Waals surface area (Å²) in [5.41, 5.74) is -1.15. The molecule has 3 unspecified atom stereocenters. The lowest BCUT2D eigenvalue weighted by Crippen LogP contribution is -2.69. The molecule has 11 atom stereocenters. The highest BCUT2D eigenvalue weighted by molar-refractivity contribution is 5.84. The number of hydrogen-bond donors (Lipinski definition) is 7. The van der Waals surface area contributed by atoms with Crippen molar-refractivity contribution in [1.82, 2.24) is 0 Å². The highest BCUT2D eigenvalue weighted by Crippen LogP contribution is 2.69. The van der Waals surface area contributed by atoms with E-state index in [4.69, 9.17) is 10.2 Å². The second-order valence-corrected chi connectivity index (χ2v) is 12.8. The third-order valence-electron chi connectivity index (χ3n) is 10.9. The van der Waals surface area contributed by atoms with Gasteiger partial charge in [0.05, 0.1) is 18.3 Å². The lowest BCUT2D eigenvalue weighted by Gasteiger charge is -2.66. The van der Waals surface area contributed by atoms with Crippen molar-refractivity contribution in [3.63, 3.8) is 0 Å². The standard InChI is InChI=1S/C24H40O7.C4H6O2/c1-12(4-7-20(28)29)15-5-6-16-21-17(10-19(27)22(15,16)2)23(3)13(9-18(21)26)8-14(25)11-24(23,30)31;1-3(2)4(5)6/h12-19,21,25-27,30-31H,4-11H2,1-3H3,(H,28,29);1H2,2H3,(H,5,6)/t12-,13+,14+,15-,16?,17?,18-,19+,21?,22-,23+;/m1./s1. The summed E-state index contributed by atoms with van der Waals surface area (Å²) < 4.78 is 0. The summed E-state index contributed by atoms with van der Waals surface area (Å²) in [6, 6.07) is 0. The largest absolute Gasteiger partial charge is 0.481 e. The smallest absolute Gasteiger partial charge is 0.330 e. The summed E-state index contributed by atoms with van der Waals surface area (Å²) >= 11 is 0. The van der Waals surface area contributed by atoms with E-state index < -0.39 is 46.9 Å². The van der Waals surface area contributed by atoms with Crippen molar-refractivity contribution < 1.29 is 45.3 Å². The van der Waals surface area contributed by atoms with Gasteiger partial charge in [0.25, 0.3) is 0 Å². The summed E-state index contributed by atoms with van der Waals surface area (Å²) in [6.45, 7) is 10.7. The first-order valence-electron chi connectivity index (χ1n) is 13.6. The molecule has 37 heavy (non-hydrogen) atoms. The molecule has 4 rings (SSSR count). The average molecular weight is 527 g/mol. The molecule has 0 saturated heterocycles. The van der Waals surface area contributed by atoms with Crippen molar-refractivity contribution in [1.29, 1.82) is 0 Å². The second kappa shape index (κ2) is 10.6. The van der Waals surface area contributed by atoms with Crippen LogP contribution in [0.2, 0.25) is 0 Å². The topological polar surface area (TPSA) is 176 Å². The maximum atomic E-state index is 11.5. The van der Waals surface area contributed by atoms with E-state index in [1.165, 1.54) is 6.92 Å². The predicted molar refractivity (Wildman–Crippen MR) is 135 cm³/mol. The molecule has 212 valence electrons. The molecule has 9 heteroatoms. The maximum Gasteiger partial charge on any atom is 0.330 e. The summed E-state index contributed by atoms with van der Waals surface area (Å²) in [4.78, 5) is 20.7. The van der Waals surface area contributed by atoms with Crippen molar-refractivity contribution in [2.45, 2.75) is 103 Å². The Labute approximate surface area is 219 Å². The first kappa shape index (κ1) is 30.0. The normalized spacial score (nSPS) is 44.8. The number of carboxylic acids is 2. The molecule has 0 amide bonds. The number of rotatable bonds is 5. The van der Waals surface area contributed by atoms with Gasteiger partial charge in [0.15, 0.2) is 5.79 Å². The van der Waals surface area contributed by atoms with Crippen LogP contribution in [0, 0.1) is 46.3 Å². The predicted octanol–water partition coefficient (Wildman–Crippen LogP) is 2.39. The quantitative estimate of drug-likeness (QED) is 0.209. The van der Waals surface area contributed by atoms with Crippen LogP contribution in [0.3, 0.4) is 0 Å². The summed E-state index contributed by atoms with van der Waals surface area (Å²) in [6.07, 6.45) is 1.52. The zero-order valence-corrected chi connectivity index (χ0v) is 22.5. The molecule has 0 aliphatic heterocycles. The van der Waals surface area contributed by atoms with Gasteiger partial charge in [0, 0.05) is 23.8 Å². The van der Waals surface area contributed by atoms with Gasteiger partial charge in [0.1, 0.15) is 0 Å². The van der Waals surface area contributed by atoms with E-state index in [1.807, 2.05) is 6.92 Å². The van der Waals surface area contributed by atoms with Gasteiger partial charge in [-0.1, -0.05) is 27.4 Å². The average Bonchev–Trinajstić information content (AvgIpc) is 3.13. The molecular formula is C28H46O9.